The van der Waals surface area contributed by atoms with E-state index in [2.05, 4.69) is 5.32 Å². The van der Waals surface area contributed by atoms with Crippen LogP contribution >= 0.6 is 11.6 Å². The number of halogens is 2. The van der Waals surface area contributed by atoms with E-state index in [0.717, 1.165) is 38.5 Å². The van der Waals surface area contributed by atoms with Crippen molar-refractivity contribution in [3.63, 3.8) is 0 Å². The highest BCUT2D eigenvalue weighted by molar-refractivity contribution is 6.31. The third-order valence-electron chi connectivity index (χ3n) is 8.21. The van der Waals surface area contributed by atoms with Crippen LogP contribution in [0.5, 0.6) is 11.5 Å². The van der Waals surface area contributed by atoms with Crippen LogP contribution in [0.1, 0.15) is 72.1 Å². The van der Waals surface area contributed by atoms with Gasteiger partial charge in [-0.05, 0) is 93.0 Å². The number of hydrogen-bond acceptors (Lipinski definition) is 4. The third kappa shape index (κ3) is 6.20. The first-order valence-electron chi connectivity index (χ1n) is 13.2. The minimum absolute atomic E-state index is 0.0254. The third-order valence-corrected chi connectivity index (χ3v) is 8.43. The zero-order chi connectivity index (χ0) is 26.0. The Kier molecular flexibility index (Phi) is 7.61. The summed E-state index contributed by atoms with van der Waals surface area (Å²) in [5.74, 6) is 0.683. The first-order chi connectivity index (χ1) is 17.8. The van der Waals surface area contributed by atoms with Crippen molar-refractivity contribution in [2.24, 2.45) is 11.3 Å². The molecule has 0 bridgehead atoms. The second-order valence-corrected chi connectivity index (χ2v) is 11.3. The van der Waals surface area contributed by atoms with Crippen molar-refractivity contribution in [2.45, 2.75) is 57.4 Å². The van der Waals surface area contributed by atoms with Crippen molar-refractivity contribution in [3.8, 4) is 11.5 Å². The molecule has 37 heavy (non-hydrogen) atoms. The van der Waals surface area contributed by atoms with Crippen LogP contribution in [0.15, 0.2) is 36.4 Å². The van der Waals surface area contributed by atoms with E-state index in [-0.39, 0.29) is 28.8 Å². The van der Waals surface area contributed by atoms with E-state index in [4.69, 9.17) is 21.1 Å². The second kappa shape index (κ2) is 10.9. The molecule has 3 fully saturated rings. The Morgan fingerprint density at radius 2 is 1.76 bits per heavy atom. The first kappa shape index (κ1) is 25.8. The van der Waals surface area contributed by atoms with Gasteiger partial charge in [-0.3, -0.25) is 9.59 Å². The van der Waals surface area contributed by atoms with Crippen LogP contribution in [0.25, 0.3) is 0 Å². The van der Waals surface area contributed by atoms with Crippen LogP contribution in [0.2, 0.25) is 5.02 Å². The zero-order valence-electron chi connectivity index (χ0n) is 21.2. The molecule has 6 nitrogen and oxygen atoms in total. The van der Waals surface area contributed by atoms with Crippen LogP contribution in [-0.2, 0) is 0 Å². The highest BCUT2D eigenvalue weighted by Gasteiger charge is 2.39. The highest BCUT2D eigenvalue weighted by Crippen LogP contribution is 2.45. The fourth-order valence-electron chi connectivity index (χ4n) is 5.58. The summed E-state index contributed by atoms with van der Waals surface area (Å²) in [5, 5.41) is 3.51. The Balaban J connectivity index is 1.10. The first-order valence-corrected chi connectivity index (χ1v) is 13.6. The molecule has 1 aliphatic heterocycles. The van der Waals surface area contributed by atoms with Gasteiger partial charge in [0.25, 0.3) is 11.8 Å². The lowest BCUT2D eigenvalue weighted by Gasteiger charge is -2.46. The molecule has 198 valence electrons. The predicted molar refractivity (Wildman–Crippen MR) is 140 cm³/mol. The summed E-state index contributed by atoms with van der Waals surface area (Å²) in [7, 11) is 1.56. The maximum absolute atomic E-state index is 14.6. The Bertz CT molecular complexity index is 1150. The number of amides is 2. The van der Waals surface area contributed by atoms with E-state index < -0.39 is 5.82 Å². The maximum atomic E-state index is 14.6. The van der Waals surface area contributed by atoms with Crippen LogP contribution < -0.4 is 14.8 Å². The second-order valence-electron chi connectivity index (χ2n) is 10.8. The van der Waals surface area contributed by atoms with Gasteiger partial charge in [0.1, 0.15) is 17.3 Å². The van der Waals surface area contributed by atoms with Crippen LogP contribution in [0.3, 0.4) is 0 Å². The molecule has 2 aliphatic carbocycles. The van der Waals surface area contributed by atoms with Gasteiger partial charge >= 0.3 is 0 Å². The summed E-state index contributed by atoms with van der Waals surface area (Å²) in [5.41, 5.74) is 0.792. The molecular weight excluding hydrogens is 495 g/mol. The molecule has 2 amide bonds. The average Bonchev–Trinajstić information content (AvgIpc) is 3.73. The molecule has 2 saturated carbocycles. The molecule has 3 aliphatic rings. The normalized spacial score (nSPS) is 19.5. The summed E-state index contributed by atoms with van der Waals surface area (Å²) in [6, 6.07) is 9.62. The highest BCUT2D eigenvalue weighted by atomic mass is 35.5. The molecule has 1 spiro atoms. The molecule has 1 heterocycles. The molecule has 5 rings (SSSR count). The van der Waals surface area contributed by atoms with Crippen molar-refractivity contribution in [1.29, 1.82) is 0 Å². The smallest absolute Gasteiger partial charge is 0.254 e. The van der Waals surface area contributed by atoms with Gasteiger partial charge in [0.2, 0.25) is 0 Å². The van der Waals surface area contributed by atoms with E-state index in [1.54, 1.807) is 31.4 Å². The quantitative estimate of drug-likeness (QED) is 0.488. The number of carbonyl (C=O) groups is 2. The average molecular weight is 529 g/mol. The van der Waals surface area contributed by atoms with Crippen LogP contribution in [-0.4, -0.2) is 49.6 Å². The lowest BCUT2D eigenvalue weighted by atomic mass is 9.67. The van der Waals surface area contributed by atoms with Gasteiger partial charge in [-0.15, -0.1) is 0 Å². The number of carbonyl (C=O) groups excluding carboxylic acids is 2. The molecule has 1 saturated heterocycles. The van der Waals surface area contributed by atoms with Gasteiger partial charge in [0, 0.05) is 35.8 Å². The van der Waals surface area contributed by atoms with E-state index in [9.17, 15) is 14.0 Å². The van der Waals surface area contributed by atoms with E-state index in [0.29, 0.717) is 47.7 Å². The van der Waals surface area contributed by atoms with Gasteiger partial charge in [0.05, 0.1) is 19.3 Å². The summed E-state index contributed by atoms with van der Waals surface area (Å²) >= 11 is 6.15. The molecular formula is C29H34ClFN2O4. The number of nitrogens with zero attached hydrogens (tertiary/aromatic N) is 1. The van der Waals surface area contributed by atoms with Crippen molar-refractivity contribution in [3.05, 3.63) is 58.4 Å². The molecule has 0 radical (unpaired) electrons. The number of piperidine rings is 1. The van der Waals surface area contributed by atoms with Crippen LogP contribution in [0, 0.1) is 17.2 Å². The standard InChI is InChI=1S/C29H34ClFN2O4/c1-36-24-15-20(14-21(30)16-24)28(35)33-12-10-29(11-13-33)8-6-22(7-9-29)32-27(34)25-5-4-23(17-26(25)31)37-18-19-2-3-19/h4-5,14-17,19,22H,2-3,6-13,18H2,1H3,(H,32,34). The van der Waals surface area contributed by atoms with Gasteiger partial charge < -0.3 is 19.7 Å². The number of rotatable bonds is 7. The number of likely N-dealkylation sites (tertiary alicyclic amines) is 1. The zero-order valence-corrected chi connectivity index (χ0v) is 22.0. The predicted octanol–water partition coefficient (Wildman–Crippen LogP) is 5.87. The Hall–Kier alpha value is -2.80. The summed E-state index contributed by atoms with van der Waals surface area (Å²) in [6.45, 7) is 2.01. The molecule has 1 N–H and O–H groups in total. The molecule has 0 atom stereocenters. The molecule has 2 aromatic rings. The number of nitrogens with one attached hydrogen (secondary N) is 1. The SMILES string of the molecule is COc1cc(Cl)cc(C(=O)N2CCC3(CCC(NC(=O)c4ccc(OCC5CC5)cc4F)CC3)CC2)c1. The minimum Gasteiger partial charge on any atom is -0.497 e. The van der Waals surface area contributed by atoms with Gasteiger partial charge in [-0.1, -0.05) is 11.6 Å². The monoisotopic (exact) mass is 528 g/mol. The van der Waals surface area contributed by atoms with Crippen molar-refractivity contribution < 1.29 is 23.5 Å². The van der Waals surface area contributed by atoms with Crippen molar-refractivity contribution in [2.75, 3.05) is 26.8 Å². The van der Waals surface area contributed by atoms with Crippen molar-refractivity contribution in [1.82, 2.24) is 10.2 Å². The molecule has 2 aromatic carbocycles. The summed E-state index contributed by atoms with van der Waals surface area (Å²) in [6.07, 6.45) is 7.90. The van der Waals surface area contributed by atoms with E-state index in [1.165, 1.54) is 25.0 Å². The lowest BCUT2D eigenvalue weighted by molar-refractivity contribution is 0.0425. The molecule has 8 heteroatoms. The Morgan fingerprint density at radius 1 is 1.03 bits per heavy atom. The topological polar surface area (TPSA) is 67.9 Å². The van der Waals surface area contributed by atoms with Gasteiger partial charge in [0.15, 0.2) is 0 Å². The molecule has 0 aromatic heterocycles. The minimum atomic E-state index is -0.549. The number of ether oxygens (including phenoxy) is 2. The number of hydrogen-bond donors (Lipinski definition) is 1. The van der Waals surface area contributed by atoms with E-state index >= 15 is 0 Å². The number of benzene rings is 2. The fourth-order valence-corrected chi connectivity index (χ4v) is 5.80. The summed E-state index contributed by atoms with van der Waals surface area (Å²) < 4.78 is 25.4. The Morgan fingerprint density at radius 3 is 2.41 bits per heavy atom. The summed E-state index contributed by atoms with van der Waals surface area (Å²) in [4.78, 5) is 27.7. The fraction of sp³-hybridized carbons (Fsp3) is 0.517. The van der Waals surface area contributed by atoms with E-state index in [1.807, 2.05) is 4.90 Å². The van der Waals surface area contributed by atoms with Gasteiger partial charge in [-0.25, -0.2) is 4.39 Å². The largest absolute Gasteiger partial charge is 0.497 e. The lowest BCUT2D eigenvalue weighted by Crippen LogP contribution is -2.47. The Labute approximate surface area is 222 Å². The van der Waals surface area contributed by atoms with Crippen molar-refractivity contribution >= 4 is 23.4 Å². The maximum Gasteiger partial charge on any atom is 0.254 e. The van der Waals surface area contributed by atoms with Crippen LogP contribution in [0.4, 0.5) is 4.39 Å². The number of methoxy groups -OCH3 is 1. The van der Waals surface area contributed by atoms with Gasteiger partial charge in [-0.2, -0.15) is 0 Å². The molecule has 0 unspecified atom stereocenters.